The summed E-state index contributed by atoms with van der Waals surface area (Å²) < 4.78 is 0. The van der Waals surface area contributed by atoms with Gasteiger partial charge in [0.1, 0.15) is 0 Å². The van der Waals surface area contributed by atoms with Crippen LogP contribution in [-0.2, 0) is 0 Å². The second-order valence-electron chi connectivity index (χ2n) is 1.15. The van der Waals surface area contributed by atoms with Gasteiger partial charge in [0.25, 0.3) is 0 Å². The predicted molar refractivity (Wildman–Crippen MR) is 43.1 cm³/mol. The molecule has 0 spiro atoms. The summed E-state index contributed by atoms with van der Waals surface area (Å²) in [6.45, 7) is 0. The van der Waals surface area contributed by atoms with E-state index in [0.717, 1.165) is 0 Å². The first-order valence-electron chi connectivity index (χ1n) is 2.00. The molecule has 8 heavy (non-hydrogen) atoms. The molecule has 0 aliphatic carbocycles. The van der Waals surface area contributed by atoms with Crippen molar-refractivity contribution in [1.82, 2.24) is 0 Å². The third-order valence-electron chi connectivity index (χ3n) is 0.667. The molecule has 45 valence electrons. The Bertz CT molecular complexity index is 76.3. The Balaban J connectivity index is 0. The second kappa shape index (κ2) is 6.44. The molecule has 1 aromatic carbocycles. The minimum absolute atomic E-state index is 0. The fourth-order valence-corrected chi connectivity index (χ4v) is 0.385. The highest BCUT2D eigenvalue weighted by Gasteiger charge is 1.57. The van der Waals surface area contributed by atoms with Crippen molar-refractivity contribution in [1.29, 1.82) is 0 Å². The molecule has 0 saturated heterocycles. The molecule has 0 amide bonds. The van der Waals surface area contributed by atoms with E-state index in [9.17, 15) is 0 Å². The predicted octanol–water partition coefficient (Wildman–Crippen LogP) is 1.14. The summed E-state index contributed by atoms with van der Waals surface area (Å²) in [5, 5.41) is 0. The minimum atomic E-state index is 0. The van der Waals surface area contributed by atoms with Crippen LogP contribution in [0.15, 0.2) is 36.4 Å². The highest BCUT2D eigenvalue weighted by atomic mass is 28.1. The smallest absolute Gasteiger partial charge is 0.0125 e. The first-order chi connectivity index (χ1) is 3.00. The van der Waals surface area contributed by atoms with Crippen LogP contribution in [0.1, 0.15) is 7.43 Å². The lowest BCUT2D eigenvalue weighted by Gasteiger charge is -1.69. The summed E-state index contributed by atoms with van der Waals surface area (Å²) in [6.07, 6.45) is 0. The SMILES string of the molecule is C.[SiH3].c1ccccc1. The van der Waals surface area contributed by atoms with Gasteiger partial charge in [0.05, 0.1) is 0 Å². The quantitative estimate of drug-likeness (QED) is 0.456. The fourth-order valence-electron chi connectivity index (χ4n) is 0.385. The largest absolute Gasteiger partial charge is 0.0776 e. The Morgan fingerprint density at radius 3 is 0.750 bits per heavy atom. The Morgan fingerprint density at radius 1 is 0.500 bits per heavy atom. The third-order valence-corrected chi connectivity index (χ3v) is 0.667. The van der Waals surface area contributed by atoms with Gasteiger partial charge in [-0.05, 0) is 11.0 Å². The molecule has 0 unspecified atom stereocenters. The van der Waals surface area contributed by atoms with E-state index in [-0.39, 0.29) is 18.4 Å². The van der Waals surface area contributed by atoms with Crippen LogP contribution < -0.4 is 0 Å². The lowest BCUT2D eigenvalue weighted by atomic mass is 10.4. The monoisotopic (exact) mass is 125 g/mol. The van der Waals surface area contributed by atoms with Crippen molar-refractivity contribution in [3.63, 3.8) is 0 Å². The van der Waals surface area contributed by atoms with Gasteiger partial charge in [-0.15, -0.1) is 0 Å². The molecule has 0 aliphatic heterocycles. The Kier molecular flexibility index (Phi) is 8.39. The van der Waals surface area contributed by atoms with E-state index in [1.165, 1.54) is 0 Å². The van der Waals surface area contributed by atoms with Gasteiger partial charge in [-0.3, -0.25) is 0 Å². The lowest BCUT2D eigenvalue weighted by Crippen LogP contribution is -1.47. The first-order valence-corrected chi connectivity index (χ1v) is 2.00. The van der Waals surface area contributed by atoms with Gasteiger partial charge in [0.2, 0.25) is 0 Å². The van der Waals surface area contributed by atoms with E-state index in [0.29, 0.717) is 0 Å². The summed E-state index contributed by atoms with van der Waals surface area (Å²) in [5.41, 5.74) is 0. The zero-order valence-electron chi connectivity index (χ0n) is 4.46. The fraction of sp³-hybridized carbons (Fsp3) is 0.143. The van der Waals surface area contributed by atoms with E-state index in [4.69, 9.17) is 0 Å². The summed E-state index contributed by atoms with van der Waals surface area (Å²) in [4.78, 5) is 0. The van der Waals surface area contributed by atoms with Gasteiger partial charge in [0, 0.05) is 0 Å². The maximum atomic E-state index is 2.00. The molecule has 1 rings (SSSR count). The number of hydrogen-bond acceptors (Lipinski definition) is 0. The molecule has 0 bridgehead atoms. The summed E-state index contributed by atoms with van der Waals surface area (Å²) >= 11 is 0. The number of rotatable bonds is 0. The van der Waals surface area contributed by atoms with Crippen molar-refractivity contribution < 1.29 is 0 Å². The van der Waals surface area contributed by atoms with Crippen LogP contribution in [0.25, 0.3) is 0 Å². The highest BCUT2D eigenvalue weighted by molar-refractivity contribution is 5.75. The van der Waals surface area contributed by atoms with Crippen LogP contribution in [0.2, 0.25) is 0 Å². The Morgan fingerprint density at radius 2 is 0.625 bits per heavy atom. The van der Waals surface area contributed by atoms with Crippen molar-refractivity contribution in [3.05, 3.63) is 36.4 Å². The standard InChI is InChI=1S/C6H6.CH4.H3Si/c1-2-4-6-5-3-1;;/h1-6H;1H4;1H3. The van der Waals surface area contributed by atoms with Gasteiger partial charge in [-0.1, -0.05) is 43.8 Å². The molecule has 0 atom stereocenters. The van der Waals surface area contributed by atoms with Crippen molar-refractivity contribution in [2.45, 2.75) is 7.43 Å². The van der Waals surface area contributed by atoms with Gasteiger partial charge in [0.15, 0.2) is 0 Å². The molecule has 0 fully saturated rings. The molecular formula is C7H13Si. The number of hydrogen-bond donors (Lipinski definition) is 0. The Hall–Kier alpha value is -0.563. The number of benzene rings is 1. The summed E-state index contributed by atoms with van der Waals surface area (Å²) in [6, 6.07) is 12.0. The maximum absolute atomic E-state index is 2.00. The molecule has 1 heteroatoms. The molecule has 0 nitrogen and oxygen atoms in total. The Labute approximate surface area is 55.6 Å². The minimum Gasteiger partial charge on any atom is -0.0776 e. The van der Waals surface area contributed by atoms with Crippen molar-refractivity contribution in [3.8, 4) is 0 Å². The first kappa shape index (κ1) is 10.4. The zero-order chi connectivity index (χ0) is 4.24. The van der Waals surface area contributed by atoms with Crippen LogP contribution in [0.5, 0.6) is 0 Å². The van der Waals surface area contributed by atoms with Gasteiger partial charge in [-0.25, -0.2) is 0 Å². The molecule has 1 aromatic rings. The summed E-state index contributed by atoms with van der Waals surface area (Å²) in [7, 11) is 0. The van der Waals surface area contributed by atoms with Crippen LogP contribution >= 0.6 is 0 Å². The van der Waals surface area contributed by atoms with Crippen LogP contribution in [0.4, 0.5) is 0 Å². The highest BCUT2D eigenvalue weighted by Crippen LogP contribution is 1.79. The average molecular weight is 125 g/mol. The zero-order valence-corrected chi connectivity index (χ0v) is 6.46. The van der Waals surface area contributed by atoms with Gasteiger partial charge < -0.3 is 0 Å². The maximum Gasteiger partial charge on any atom is -0.0125 e. The van der Waals surface area contributed by atoms with Crippen molar-refractivity contribution in [2.75, 3.05) is 0 Å². The molecule has 0 N–H and O–H groups in total. The molecular weight excluding hydrogens is 112 g/mol. The van der Waals surface area contributed by atoms with Crippen molar-refractivity contribution >= 4 is 11.0 Å². The van der Waals surface area contributed by atoms with Gasteiger partial charge >= 0.3 is 0 Å². The van der Waals surface area contributed by atoms with E-state index in [1.807, 2.05) is 36.4 Å². The normalized spacial score (nSPS) is 6.00. The van der Waals surface area contributed by atoms with E-state index >= 15 is 0 Å². The van der Waals surface area contributed by atoms with E-state index in [2.05, 4.69) is 0 Å². The van der Waals surface area contributed by atoms with E-state index in [1.54, 1.807) is 0 Å². The molecule has 0 aromatic heterocycles. The van der Waals surface area contributed by atoms with Gasteiger partial charge in [-0.2, -0.15) is 0 Å². The third kappa shape index (κ3) is 3.62. The second-order valence-corrected chi connectivity index (χ2v) is 1.15. The van der Waals surface area contributed by atoms with Crippen molar-refractivity contribution in [2.24, 2.45) is 0 Å². The van der Waals surface area contributed by atoms with Crippen LogP contribution in [-0.4, -0.2) is 11.0 Å². The lowest BCUT2D eigenvalue weighted by molar-refractivity contribution is 1.72. The topological polar surface area (TPSA) is 0 Å². The van der Waals surface area contributed by atoms with Crippen LogP contribution in [0.3, 0.4) is 0 Å². The summed E-state index contributed by atoms with van der Waals surface area (Å²) in [5.74, 6) is 0. The molecule has 1 radical (unpaired) electrons. The molecule has 0 aliphatic rings. The van der Waals surface area contributed by atoms with E-state index < -0.39 is 0 Å². The average Bonchev–Trinajstić information content (AvgIpc) is 1.72. The van der Waals surface area contributed by atoms with Crippen LogP contribution in [0, 0.1) is 0 Å². The molecule has 0 saturated carbocycles. The molecule has 0 heterocycles.